The number of furan rings is 2. The van der Waals surface area contributed by atoms with Gasteiger partial charge in [0, 0.05) is 18.9 Å². The third kappa shape index (κ3) is 3.20. The highest BCUT2D eigenvalue weighted by Gasteiger charge is 2.18. The first-order valence-corrected chi connectivity index (χ1v) is 6.55. The molecule has 0 saturated heterocycles. The van der Waals surface area contributed by atoms with Crippen molar-refractivity contribution in [2.75, 3.05) is 0 Å². The first kappa shape index (κ1) is 13.2. The molecule has 0 aliphatic carbocycles. The fourth-order valence-corrected chi connectivity index (χ4v) is 2.07. The molecule has 21 heavy (non-hydrogen) atoms. The van der Waals surface area contributed by atoms with Gasteiger partial charge in [0.15, 0.2) is 0 Å². The van der Waals surface area contributed by atoms with Crippen LogP contribution in [0.4, 0.5) is 0 Å². The van der Waals surface area contributed by atoms with Gasteiger partial charge in [-0.2, -0.15) is 0 Å². The molecule has 5 nitrogen and oxygen atoms in total. The first-order chi connectivity index (χ1) is 10.3. The number of carbonyl (C=O) groups excluding carboxylic acids is 1. The predicted molar refractivity (Wildman–Crippen MR) is 75.2 cm³/mol. The van der Waals surface area contributed by atoms with Crippen molar-refractivity contribution in [3.8, 4) is 0 Å². The molecule has 1 amide bonds. The number of rotatable bonds is 5. The molecule has 0 fully saturated rings. The number of amides is 1. The van der Waals surface area contributed by atoms with E-state index in [4.69, 9.17) is 8.83 Å². The minimum atomic E-state index is -0.107. The maximum Gasteiger partial charge on any atom is 0.257 e. The van der Waals surface area contributed by atoms with Crippen LogP contribution in [0, 0.1) is 0 Å². The van der Waals surface area contributed by atoms with Crippen LogP contribution in [0.2, 0.25) is 0 Å². The summed E-state index contributed by atoms with van der Waals surface area (Å²) in [5.41, 5.74) is 1.48. The fourth-order valence-electron chi connectivity index (χ4n) is 2.07. The summed E-state index contributed by atoms with van der Waals surface area (Å²) in [6.07, 6.45) is 7.99. The highest BCUT2D eigenvalue weighted by Crippen LogP contribution is 2.14. The van der Waals surface area contributed by atoms with Crippen LogP contribution >= 0.6 is 0 Å². The molecule has 106 valence electrons. The van der Waals surface area contributed by atoms with Crippen LogP contribution in [-0.2, 0) is 13.1 Å². The molecule has 3 aromatic rings. The van der Waals surface area contributed by atoms with Gasteiger partial charge in [0.05, 0.1) is 24.6 Å². The van der Waals surface area contributed by atoms with Gasteiger partial charge in [-0.3, -0.25) is 9.78 Å². The van der Waals surface area contributed by atoms with E-state index in [1.165, 1.54) is 12.5 Å². The molecule has 3 rings (SSSR count). The van der Waals surface area contributed by atoms with E-state index in [1.54, 1.807) is 35.7 Å². The molecule has 0 N–H and O–H groups in total. The van der Waals surface area contributed by atoms with E-state index in [0.717, 1.165) is 11.3 Å². The van der Waals surface area contributed by atoms with Gasteiger partial charge in [-0.05, 0) is 29.8 Å². The summed E-state index contributed by atoms with van der Waals surface area (Å²) in [5.74, 6) is 0.625. The van der Waals surface area contributed by atoms with Gasteiger partial charge in [0.25, 0.3) is 5.91 Å². The third-order valence-corrected chi connectivity index (χ3v) is 3.08. The van der Waals surface area contributed by atoms with Crippen LogP contribution in [-0.4, -0.2) is 15.8 Å². The largest absolute Gasteiger partial charge is 0.472 e. The van der Waals surface area contributed by atoms with E-state index in [0.29, 0.717) is 18.7 Å². The minimum absolute atomic E-state index is 0.107. The number of hydrogen-bond acceptors (Lipinski definition) is 4. The molecule has 0 unspecified atom stereocenters. The number of hydrogen-bond donors (Lipinski definition) is 0. The van der Waals surface area contributed by atoms with Crippen molar-refractivity contribution in [2.45, 2.75) is 13.1 Å². The molecule has 0 radical (unpaired) electrons. The average Bonchev–Trinajstić information content (AvgIpc) is 3.20. The van der Waals surface area contributed by atoms with Crippen LogP contribution < -0.4 is 0 Å². The lowest BCUT2D eigenvalue weighted by Gasteiger charge is -2.21. The van der Waals surface area contributed by atoms with Crippen molar-refractivity contribution in [1.29, 1.82) is 0 Å². The molecule has 3 heterocycles. The molecule has 0 spiro atoms. The topological polar surface area (TPSA) is 59.5 Å². The van der Waals surface area contributed by atoms with Gasteiger partial charge in [0.1, 0.15) is 12.0 Å². The molecule has 0 aromatic carbocycles. The van der Waals surface area contributed by atoms with Gasteiger partial charge < -0.3 is 13.7 Å². The highest BCUT2D eigenvalue weighted by molar-refractivity contribution is 5.93. The second kappa shape index (κ2) is 6.09. The Labute approximate surface area is 121 Å². The average molecular weight is 282 g/mol. The standard InChI is InChI=1S/C16H14N2O3/c19-16(14-5-8-20-12-14)18(11-15-4-2-7-21-15)10-13-3-1-6-17-9-13/h1-9,12H,10-11H2. The summed E-state index contributed by atoms with van der Waals surface area (Å²) < 4.78 is 10.3. The SMILES string of the molecule is O=C(c1ccoc1)N(Cc1cccnc1)Cc1ccco1. The Morgan fingerprint density at radius 2 is 2.10 bits per heavy atom. The number of pyridine rings is 1. The van der Waals surface area contributed by atoms with Crippen LogP contribution in [0.25, 0.3) is 0 Å². The lowest BCUT2D eigenvalue weighted by molar-refractivity contribution is 0.0717. The second-order valence-corrected chi connectivity index (χ2v) is 4.61. The quantitative estimate of drug-likeness (QED) is 0.721. The summed E-state index contributed by atoms with van der Waals surface area (Å²) in [7, 11) is 0. The summed E-state index contributed by atoms with van der Waals surface area (Å²) in [6.45, 7) is 0.852. The van der Waals surface area contributed by atoms with E-state index in [1.807, 2.05) is 18.2 Å². The summed E-state index contributed by atoms with van der Waals surface area (Å²) in [4.78, 5) is 18.3. The summed E-state index contributed by atoms with van der Waals surface area (Å²) in [5, 5.41) is 0. The van der Waals surface area contributed by atoms with Gasteiger partial charge in [0.2, 0.25) is 0 Å². The van der Waals surface area contributed by atoms with Crippen LogP contribution in [0.3, 0.4) is 0 Å². The fraction of sp³-hybridized carbons (Fsp3) is 0.125. The summed E-state index contributed by atoms with van der Waals surface area (Å²) in [6, 6.07) is 9.09. The molecule has 0 aliphatic heterocycles. The Morgan fingerprint density at radius 3 is 2.76 bits per heavy atom. The lowest BCUT2D eigenvalue weighted by atomic mass is 10.2. The third-order valence-electron chi connectivity index (χ3n) is 3.08. The molecular formula is C16H14N2O3. The highest BCUT2D eigenvalue weighted by atomic mass is 16.3. The van der Waals surface area contributed by atoms with E-state index in [2.05, 4.69) is 4.98 Å². The number of nitrogens with zero attached hydrogens (tertiary/aromatic N) is 2. The molecule has 0 bridgehead atoms. The lowest BCUT2D eigenvalue weighted by Crippen LogP contribution is -2.29. The first-order valence-electron chi connectivity index (χ1n) is 6.55. The maximum atomic E-state index is 12.5. The Morgan fingerprint density at radius 1 is 1.14 bits per heavy atom. The van der Waals surface area contributed by atoms with E-state index in [9.17, 15) is 4.79 Å². The molecule has 3 aromatic heterocycles. The molecule has 5 heteroatoms. The van der Waals surface area contributed by atoms with Gasteiger partial charge in [-0.25, -0.2) is 0 Å². The molecular weight excluding hydrogens is 268 g/mol. The van der Waals surface area contributed by atoms with Crippen LogP contribution in [0.5, 0.6) is 0 Å². The van der Waals surface area contributed by atoms with E-state index >= 15 is 0 Å². The van der Waals surface area contributed by atoms with Crippen molar-refractivity contribution in [3.05, 3.63) is 78.4 Å². The smallest absolute Gasteiger partial charge is 0.257 e. The van der Waals surface area contributed by atoms with Crippen LogP contribution in [0.1, 0.15) is 21.7 Å². The Balaban J connectivity index is 1.82. The number of aromatic nitrogens is 1. The maximum absolute atomic E-state index is 12.5. The summed E-state index contributed by atoms with van der Waals surface area (Å²) >= 11 is 0. The van der Waals surface area contributed by atoms with E-state index in [-0.39, 0.29) is 5.91 Å². The zero-order valence-corrected chi connectivity index (χ0v) is 11.3. The Bertz CT molecular complexity index is 676. The van der Waals surface area contributed by atoms with Crippen molar-refractivity contribution in [3.63, 3.8) is 0 Å². The molecule has 0 saturated carbocycles. The van der Waals surface area contributed by atoms with E-state index < -0.39 is 0 Å². The Kier molecular flexibility index (Phi) is 3.82. The van der Waals surface area contributed by atoms with Crippen molar-refractivity contribution in [2.24, 2.45) is 0 Å². The zero-order valence-electron chi connectivity index (χ0n) is 11.3. The monoisotopic (exact) mass is 282 g/mol. The second-order valence-electron chi connectivity index (χ2n) is 4.61. The zero-order chi connectivity index (χ0) is 14.5. The van der Waals surface area contributed by atoms with Gasteiger partial charge >= 0.3 is 0 Å². The van der Waals surface area contributed by atoms with Gasteiger partial charge in [-0.15, -0.1) is 0 Å². The predicted octanol–water partition coefficient (Wildman–Crippen LogP) is 3.11. The Hall–Kier alpha value is -2.82. The normalized spacial score (nSPS) is 10.5. The minimum Gasteiger partial charge on any atom is -0.472 e. The van der Waals surface area contributed by atoms with Crippen molar-refractivity contribution < 1.29 is 13.6 Å². The molecule has 0 atom stereocenters. The van der Waals surface area contributed by atoms with Gasteiger partial charge in [-0.1, -0.05) is 6.07 Å². The van der Waals surface area contributed by atoms with Crippen LogP contribution in [0.15, 0.2) is 70.3 Å². The molecule has 0 aliphatic rings. The van der Waals surface area contributed by atoms with Crippen molar-refractivity contribution >= 4 is 5.91 Å². The number of carbonyl (C=O) groups is 1. The van der Waals surface area contributed by atoms with Crippen molar-refractivity contribution in [1.82, 2.24) is 9.88 Å².